The normalized spacial score (nSPS) is 13.8. The first-order chi connectivity index (χ1) is 7.86. The van der Waals surface area contributed by atoms with Gasteiger partial charge in [-0.3, -0.25) is 4.21 Å². The van der Waals surface area contributed by atoms with Crippen LogP contribution in [-0.4, -0.2) is 30.7 Å². The molecule has 0 saturated heterocycles. The zero-order chi connectivity index (χ0) is 13.1. The number of hydrogen-bond acceptors (Lipinski definition) is 4. The number of nitrogens with one attached hydrogen (secondary N) is 1. The molecule has 1 rings (SSSR count). The third kappa shape index (κ3) is 4.60. The summed E-state index contributed by atoms with van der Waals surface area (Å²) >= 11 is 9.97. The lowest BCUT2D eigenvalue weighted by Gasteiger charge is -2.03. The van der Waals surface area contributed by atoms with Crippen LogP contribution in [0.15, 0.2) is 14.1 Å². The van der Waals surface area contributed by atoms with E-state index in [-0.39, 0.29) is 10.8 Å². The van der Waals surface area contributed by atoms with Crippen molar-refractivity contribution in [3.05, 3.63) is 14.9 Å². The van der Waals surface area contributed by atoms with Crippen molar-refractivity contribution in [1.29, 1.82) is 0 Å². The van der Waals surface area contributed by atoms with E-state index in [0.29, 0.717) is 20.3 Å². The Morgan fingerprint density at radius 2 is 2.24 bits per heavy atom. The van der Waals surface area contributed by atoms with Crippen LogP contribution in [0.5, 0.6) is 0 Å². The predicted octanol–water partition coefficient (Wildman–Crippen LogP) is 2.21. The number of hydrogen-bond donors (Lipinski definition) is 1. The molecule has 0 aliphatic rings. The highest BCUT2D eigenvalue weighted by Gasteiger charge is 2.18. The third-order valence-corrected chi connectivity index (χ3v) is 7.54. The van der Waals surface area contributed by atoms with Crippen molar-refractivity contribution < 1.29 is 12.6 Å². The first kappa shape index (κ1) is 15.6. The van der Waals surface area contributed by atoms with Crippen molar-refractivity contribution >= 4 is 59.7 Å². The van der Waals surface area contributed by atoms with Gasteiger partial charge in [0.25, 0.3) is 0 Å². The molecule has 1 heterocycles. The molecule has 0 aromatic carbocycles. The smallest absolute Gasteiger partial charge is 0.250 e. The summed E-state index contributed by atoms with van der Waals surface area (Å²) in [5, 5.41) is 0.368. The molecule has 98 valence electrons. The monoisotopic (exact) mass is 379 g/mol. The summed E-state index contributed by atoms with van der Waals surface area (Å²) in [7, 11) is -4.52. The van der Waals surface area contributed by atoms with E-state index in [4.69, 9.17) is 11.6 Å². The van der Waals surface area contributed by atoms with Gasteiger partial charge < -0.3 is 0 Å². The Morgan fingerprint density at radius 1 is 1.59 bits per heavy atom. The fraction of sp³-hybridized carbons (Fsp3) is 0.500. The van der Waals surface area contributed by atoms with E-state index in [1.54, 1.807) is 6.92 Å². The van der Waals surface area contributed by atoms with Gasteiger partial charge >= 0.3 is 0 Å². The SMILES string of the molecule is CCS(=O)CCNS(=O)(=O)c1cc(Cl)c(Br)s1. The Balaban J connectivity index is 2.66. The lowest BCUT2D eigenvalue weighted by atomic mass is 10.7. The second kappa shape index (κ2) is 6.63. The Labute approximate surface area is 120 Å². The first-order valence-corrected chi connectivity index (χ1v) is 9.62. The van der Waals surface area contributed by atoms with Gasteiger partial charge in [-0.15, -0.1) is 11.3 Å². The molecule has 1 atom stereocenters. The summed E-state index contributed by atoms with van der Waals surface area (Å²) < 4.78 is 37.8. The molecule has 0 bridgehead atoms. The van der Waals surface area contributed by atoms with Crippen LogP contribution in [-0.2, 0) is 20.8 Å². The molecule has 0 radical (unpaired) electrons. The summed E-state index contributed by atoms with van der Waals surface area (Å²) in [5.74, 6) is 0.841. The topological polar surface area (TPSA) is 63.2 Å². The zero-order valence-corrected chi connectivity index (χ0v) is 13.7. The molecule has 0 aliphatic carbocycles. The van der Waals surface area contributed by atoms with Crippen molar-refractivity contribution in [3.8, 4) is 0 Å². The van der Waals surface area contributed by atoms with Crippen molar-refractivity contribution in [2.45, 2.75) is 11.1 Å². The molecule has 17 heavy (non-hydrogen) atoms. The molecule has 9 heteroatoms. The van der Waals surface area contributed by atoms with Crippen molar-refractivity contribution in [1.82, 2.24) is 4.72 Å². The summed E-state index contributed by atoms with van der Waals surface area (Å²) in [6, 6.07) is 1.38. The standard InChI is InChI=1S/C8H11BrClNO3S3/c1-2-16(12)4-3-11-17(13,14)7-5-6(10)8(9)15-7/h5,11H,2-4H2,1H3. The van der Waals surface area contributed by atoms with Crippen molar-refractivity contribution in [3.63, 3.8) is 0 Å². The van der Waals surface area contributed by atoms with Gasteiger partial charge in [-0.25, -0.2) is 13.1 Å². The fourth-order valence-corrected chi connectivity index (χ4v) is 5.19. The number of halogens is 2. The van der Waals surface area contributed by atoms with Gasteiger partial charge in [0.15, 0.2) is 0 Å². The van der Waals surface area contributed by atoms with Gasteiger partial charge in [-0.1, -0.05) is 18.5 Å². The van der Waals surface area contributed by atoms with Crippen LogP contribution >= 0.6 is 38.9 Å². The molecule has 1 aromatic rings. The number of sulfonamides is 1. The first-order valence-electron chi connectivity index (χ1n) is 4.66. The van der Waals surface area contributed by atoms with Crippen LogP contribution in [0.4, 0.5) is 0 Å². The molecule has 4 nitrogen and oxygen atoms in total. The average Bonchev–Trinajstić information content (AvgIpc) is 2.59. The number of rotatable bonds is 6. The van der Waals surface area contributed by atoms with Gasteiger partial charge in [0.1, 0.15) is 4.21 Å². The van der Waals surface area contributed by atoms with Crippen LogP contribution in [0.25, 0.3) is 0 Å². The maximum atomic E-state index is 11.8. The maximum absolute atomic E-state index is 11.8. The van der Waals surface area contributed by atoms with E-state index in [9.17, 15) is 12.6 Å². The minimum Gasteiger partial charge on any atom is -0.260 e. The lowest BCUT2D eigenvalue weighted by molar-refractivity contribution is 0.586. The average molecular weight is 381 g/mol. The van der Waals surface area contributed by atoms with Gasteiger partial charge in [0.05, 0.1) is 8.81 Å². The van der Waals surface area contributed by atoms with Crippen molar-refractivity contribution in [2.75, 3.05) is 18.1 Å². The van der Waals surface area contributed by atoms with Gasteiger partial charge in [-0.05, 0) is 22.0 Å². The van der Waals surface area contributed by atoms with Gasteiger partial charge in [-0.2, -0.15) is 0 Å². The fourth-order valence-electron chi connectivity index (χ4n) is 0.965. The molecule has 1 N–H and O–H groups in total. The molecule has 0 fully saturated rings. The Morgan fingerprint density at radius 3 is 2.71 bits per heavy atom. The summed E-state index contributed by atoms with van der Waals surface area (Å²) in [6.45, 7) is 1.96. The third-order valence-electron chi connectivity index (χ3n) is 1.83. The van der Waals surface area contributed by atoms with Crippen molar-refractivity contribution in [2.24, 2.45) is 0 Å². The molecule has 0 saturated carbocycles. The molecule has 0 aliphatic heterocycles. The Bertz CT molecular complexity index is 495. The minimum absolute atomic E-state index is 0.150. The quantitative estimate of drug-likeness (QED) is 0.823. The van der Waals surface area contributed by atoms with Crippen LogP contribution in [0.3, 0.4) is 0 Å². The zero-order valence-electron chi connectivity index (χ0n) is 8.90. The summed E-state index contributed by atoms with van der Waals surface area (Å²) in [5.41, 5.74) is 0. The summed E-state index contributed by atoms with van der Waals surface area (Å²) in [4.78, 5) is 0. The highest BCUT2D eigenvalue weighted by Crippen LogP contribution is 2.34. The molecule has 0 spiro atoms. The van der Waals surface area contributed by atoms with Crippen LogP contribution in [0, 0.1) is 0 Å². The van der Waals surface area contributed by atoms with Gasteiger partial charge in [0.2, 0.25) is 10.0 Å². The van der Waals surface area contributed by atoms with E-state index in [1.807, 2.05) is 0 Å². The van der Waals surface area contributed by atoms with E-state index < -0.39 is 20.8 Å². The van der Waals surface area contributed by atoms with Crippen LogP contribution < -0.4 is 4.72 Å². The number of thiophene rings is 1. The van der Waals surface area contributed by atoms with E-state index >= 15 is 0 Å². The lowest BCUT2D eigenvalue weighted by Crippen LogP contribution is -2.27. The minimum atomic E-state index is -3.55. The molecular weight excluding hydrogens is 370 g/mol. The Kier molecular flexibility index (Phi) is 6.07. The van der Waals surface area contributed by atoms with Crippen LogP contribution in [0.2, 0.25) is 5.02 Å². The maximum Gasteiger partial charge on any atom is 0.250 e. The van der Waals surface area contributed by atoms with Gasteiger partial charge in [0, 0.05) is 28.9 Å². The van der Waals surface area contributed by atoms with E-state index in [0.717, 1.165) is 11.3 Å². The van der Waals surface area contributed by atoms with Crippen LogP contribution in [0.1, 0.15) is 6.92 Å². The van der Waals surface area contributed by atoms with E-state index in [1.165, 1.54) is 6.07 Å². The highest BCUT2D eigenvalue weighted by molar-refractivity contribution is 9.11. The highest BCUT2D eigenvalue weighted by atomic mass is 79.9. The molecular formula is C8H11BrClNO3S3. The largest absolute Gasteiger partial charge is 0.260 e. The van der Waals surface area contributed by atoms with E-state index in [2.05, 4.69) is 20.7 Å². The molecule has 1 unspecified atom stereocenters. The molecule has 0 amide bonds. The Hall–Kier alpha value is 0.530. The summed E-state index contributed by atoms with van der Waals surface area (Å²) in [6.07, 6.45) is 0. The predicted molar refractivity (Wildman–Crippen MR) is 75.8 cm³/mol. The second-order valence-electron chi connectivity index (χ2n) is 3.02. The second-order valence-corrected chi connectivity index (χ2v) is 9.65. The molecule has 1 aromatic heterocycles.